The molecule has 0 aromatic carbocycles. The molecule has 1 unspecified atom stereocenters. The van der Waals surface area contributed by atoms with Crippen molar-refractivity contribution in [1.29, 1.82) is 0 Å². The Morgan fingerprint density at radius 3 is 3.00 bits per heavy atom. The van der Waals surface area contributed by atoms with Gasteiger partial charge in [-0.2, -0.15) is 0 Å². The first-order valence-corrected chi connectivity index (χ1v) is 6.69. The lowest BCUT2D eigenvalue weighted by Gasteiger charge is -2.33. The van der Waals surface area contributed by atoms with Gasteiger partial charge >= 0.3 is 0 Å². The van der Waals surface area contributed by atoms with Gasteiger partial charge in [-0.1, -0.05) is 13.3 Å². The van der Waals surface area contributed by atoms with Crippen LogP contribution in [0.4, 0.5) is 0 Å². The molecule has 17 heavy (non-hydrogen) atoms. The summed E-state index contributed by atoms with van der Waals surface area (Å²) in [4.78, 5) is 2.40. The van der Waals surface area contributed by atoms with Crippen molar-refractivity contribution in [3.8, 4) is 0 Å². The average molecular weight is 236 g/mol. The van der Waals surface area contributed by atoms with Crippen LogP contribution < -0.4 is 5.32 Å². The molecular formula is C14H24N2O. The fourth-order valence-corrected chi connectivity index (χ4v) is 3.04. The Kier molecular flexibility index (Phi) is 4.24. The van der Waals surface area contributed by atoms with Gasteiger partial charge in [-0.05, 0) is 38.9 Å². The highest BCUT2D eigenvalue weighted by atomic mass is 16.3. The largest absolute Gasteiger partial charge is 0.472 e. The fourth-order valence-electron chi connectivity index (χ4n) is 3.04. The van der Waals surface area contributed by atoms with Crippen LogP contribution >= 0.6 is 0 Å². The molecule has 3 nitrogen and oxygen atoms in total. The van der Waals surface area contributed by atoms with Gasteiger partial charge in [0.25, 0.3) is 0 Å². The van der Waals surface area contributed by atoms with Gasteiger partial charge in [-0.3, -0.25) is 0 Å². The minimum Gasteiger partial charge on any atom is -0.472 e. The third-order valence-electron chi connectivity index (χ3n) is 3.67. The molecule has 1 saturated heterocycles. The molecule has 0 saturated carbocycles. The monoisotopic (exact) mass is 236 g/mol. The van der Waals surface area contributed by atoms with Crippen LogP contribution in [0, 0.1) is 0 Å². The normalized spacial score (nSPS) is 24.6. The van der Waals surface area contributed by atoms with Crippen LogP contribution in [-0.2, 0) is 6.54 Å². The van der Waals surface area contributed by atoms with Crippen LogP contribution in [-0.4, -0.2) is 30.6 Å². The summed E-state index contributed by atoms with van der Waals surface area (Å²) in [7, 11) is 2.20. The van der Waals surface area contributed by atoms with Crippen LogP contribution in [0.25, 0.3) is 0 Å². The number of likely N-dealkylation sites (N-methyl/N-ethyl adjacent to an activating group) is 1. The highest BCUT2D eigenvalue weighted by Gasteiger charge is 2.33. The molecular weight excluding hydrogens is 212 g/mol. The third kappa shape index (κ3) is 3.33. The standard InChI is InChI=1S/C14H24N2O/c1-3-6-14(7-4-8-15-14)12-16(2)10-13-5-9-17-11-13/h5,9,11,15H,3-4,6-8,10,12H2,1-2H3. The van der Waals surface area contributed by atoms with E-state index in [1.165, 1.54) is 37.8 Å². The highest BCUT2D eigenvalue weighted by molar-refractivity contribution is 5.05. The van der Waals surface area contributed by atoms with E-state index in [0.717, 1.165) is 13.1 Å². The summed E-state index contributed by atoms with van der Waals surface area (Å²) in [6, 6.07) is 2.05. The number of furan rings is 1. The van der Waals surface area contributed by atoms with Crippen molar-refractivity contribution < 1.29 is 4.42 Å². The van der Waals surface area contributed by atoms with E-state index in [1.54, 1.807) is 6.26 Å². The van der Waals surface area contributed by atoms with Gasteiger partial charge in [0.2, 0.25) is 0 Å². The summed E-state index contributed by atoms with van der Waals surface area (Å²) < 4.78 is 5.12. The number of rotatable bonds is 6. The third-order valence-corrected chi connectivity index (χ3v) is 3.67. The maximum Gasteiger partial charge on any atom is 0.0947 e. The Morgan fingerprint density at radius 2 is 2.41 bits per heavy atom. The smallest absolute Gasteiger partial charge is 0.0947 e. The molecule has 1 N–H and O–H groups in total. The lowest BCUT2D eigenvalue weighted by atomic mass is 9.91. The SMILES string of the molecule is CCCC1(CN(C)Cc2ccoc2)CCCN1. The van der Waals surface area contributed by atoms with Crippen molar-refractivity contribution in [2.75, 3.05) is 20.1 Å². The van der Waals surface area contributed by atoms with E-state index in [-0.39, 0.29) is 0 Å². The van der Waals surface area contributed by atoms with Crippen molar-refractivity contribution in [2.45, 2.75) is 44.7 Å². The Morgan fingerprint density at radius 1 is 1.53 bits per heavy atom. The fraction of sp³-hybridized carbons (Fsp3) is 0.714. The van der Waals surface area contributed by atoms with Gasteiger partial charge in [0.15, 0.2) is 0 Å². The van der Waals surface area contributed by atoms with Gasteiger partial charge in [-0.25, -0.2) is 0 Å². The lowest BCUT2D eigenvalue weighted by Crippen LogP contribution is -2.48. The zero-order valence-electron chi connectivity index (χ0n) is 11.0. The minimum absolute atomic E-state index is 0.354. The summed E-state index contributed by atoms with van der Waals surface area (Å²) in [6.07, 6.45) is 8.76. The molecule has 1 aliphatic heterocycles. The van der Waals surface area contributed by atoms with Crippen molar-refractivity contribution in [1.82, 2.24) is 10.2 Å². The van der Waals surface area contributed by atoms with E-state index in [1.807, 2.05) is 12.3 Å². The second-order valence-electron chi connectivity index (χ2n) is 5.36. The molecule has 1 fully saturated rings. The molecule has 0 spiro atoms. The molecule has 3 heteroatoms. The topological polar surface area (TPSA) is 28.4 Å². The number of nitrogens with one attached hydrogen (secondary N) is 1. The van der Waals surface area contributed by atoms with Gasteiger partial charge in [0.1, 0.15) is 0 Å². The minimum atomic E-state index is 0.354. The molecule has 1 aliphatic rings. The zero-order chi connectivity index (χ0) is 12.1. The number of nitrogens with zero attached hydrogens (tertiary/aromatic N) is 1. The molecule has 0 amide bonds. The molecule has 2 rings (SSSR count). The predicted octanol–water partition coefficient (Wildman–Crippen LogP) is 2.63. The van der Waals surface area contributed by atoms with E-state index in [4.69, 9.17) is 4.42 Å². The Labute approximate surface area is 104 Å². The van der Waals surface area contributed by atoms with Crippen LogP contribution in [0.3, 0.4) is 0 Å². The predicted molar refractivity (Wildman–Crippen MR) is 69.9 cm³/mol. The Balaban J connectivity index is 1.89. The second kappa shape index (κ2) is 5.69. The van der Waals surface area contributed by atoms with Crippen molar-refractivity contribution >= 4 is 0 Å². The van der Waals surface area contributed by atoms with Gasteiger partial charge in [-0.15, -0.1) is 0 Å². The molecule has 1 aromatic heterocycles. The van der Waals surface area contributed by atoms with E-state index >= 15 is 0 Å². The molecule has 0 bridgehead atoms. The van der Waals surface area contributed by atoms with Crippen LogP contribution in [0.2, 0.25) is 0 Å². The van der Waals surface area contributed by atoms with Gasteiger partial charge in [0.05, 0.1) is 12.5 Å². The summed E-state index contributed by atoms with van der Waals surface area (Å²) in [5, 5.41) is 3.72. The van der Waals surface area contributed by atoms with Crippen LogP contribution in [0.15, 0.2) is 23.0 Å². The maximum absolute atomic E-state index is 5.12. The molecule has 96 valence electrons. The lowest BCUT2D eigenvalue weighted by molar-refractivity contribution is 0.207. The summed E-state index contributed by atoms with van der Waals surface area (Å²) in [5.41, 5.74) is 1.62. The number of hydrogen-bond acceptors (Lipinski definition) is 3. The zero-order valence-corrected chi connectivity index (χ0v) is 11.0. The Hall–Kier alpha value is -0.800. The maximum atomic E-state index is 5.12. The van der Waals surface area contributed by atoms with E-state index in [9.17, 15) is 0 Å². The van der Waals surface area contributed by atoms with Crippen LogP contribution in [0.1, 0.15) is 38.2 Å². The molecule has 0 radical (unpaired) electrons. The van der Waals surface area contributed by atoms with Crippen molar-refractivity contribution in [3.05, 3.63) is 24.2 Å². The second-order valence-corrected chi connectivity index (χ2v) is 5.36. The Bertz CT molecular complexity index is 315. The van der Waals surface area contributed by atoms with E-state index in [2.05, 4.69) is 24.2 Å². The summed E-state index contributed by atoms with van der Waals surface area (Å²) >= 11 is 0. The highest BCUT2D eigenvalue weighted by Crippen LogP contribution is 2.26. The van der Waals surface area contributed by atoms with Crippen molar-refractivity contribution in [3.63, 3.8) is 0 Å². The quantitative estimate of drug-likeness (QED) is 0.823. The summed E-state index contributed by atoms with van der Waals surface area (Å²) in [5.74, 6) is 0. The molecule has 0 aliphatic carbocycles. The average Bonchev–Trinajstić information content (AvgIpc) is 2.90. The van der Waals surface area contributed by atoms with E-state index in [0.29, 0.717) is 5.54 Å². The van der Waals surface area contributed by atoms with E-state index < -0.39 is 0 Å². The number of hydrogen-bond donors (Lipinski definition) is 1. The van der Waals surface area contributed by atoms with Crippen LogP contribution in [0.5, 0.6) is 0 Å². The molecule has 2 heterocycles. The molecule has 1 aromatic rings. The van der Waals surface area contributed by atoms with Gasteiger partial charge in [0, 0.05) is 24.2 Å². The first-order chi connectivity index (χ1) is 8.24. The first-order valence-electron chi connectivity index (χ1n) is 6.69. The van der Waals surface area contributed by atoms with Crippen molar-refractivity contribution in [2.24, 2.45) is 0 Å². The molecule has 1 atom stereocenters. The van der Waals surface area contributed by atoms with Gasteiger partial charge < -0.3 is 14.6 Å². The summed E-state index contributed by atoms with van der Waals surface area (Å²) in [6.45, 7) is 5.56. The first kappa shape index (κ1) is 12.7.